The van der Waals surface area contributed by atoms with Gasteiger partial charge in [-0.05, 0) is 32.3 Å². The lowest BCUT2D eigenvalue weighted by molar-refractivity contribution is -0.117. The zero-order valence-corrected chi connectivity index (χ0v) is 16.6. The molecule has 1 aliphatic carbocycles. The van der Waals surface area contributed by atoms with E-state index in [9.17, 15) is 4.79 Å². The van der Waals surface area contributed by atoms with E-state index in [0.717, 1.165) is 41.2 Å². The van der Waals surface area contributed by atoms with Gasteiger partial charge in [0.2, 0.25) is 5.91 Å². The molecule has 0 spiro atoms. The summed E-state index contributed by atoms with van der Waals surface area (Å²) in [6.07, 6.45) is 7.93. The number of anilines is 1. The topological polar surface area (TPSA) is 64.7 Å². The minimum Gasteiger partial charge on any atom is -0.309 e. The second kappa shape index (κ2) is 8.00. The number of rotatable bonds is 5. The van der Waals surface area contributed by atoms with Gasteiger partial charge in [-0.25, -0.2) is 4.68 Å². The first kappa shape index (κ1) is 18.5. The zero-order chi connectivity index (χ0) is 19.5. The van der Waals surface area contributed by atoms with E-state index >= 15 is 0 Å². The van der Waals surface area contributed by atoms with Gasteiger partial charge in [-0.3, -0.25) is 9.48 Å². The summed E-state index contributed by atoms with van der Waals surface area (Å²) >= 11 is 0. The molecule has 6 heteroatoms. The molecule has 0 atom stereocenters. The van der Waals surface area contributed by atoms with Crippen LogP contribution >= 0.6 is 0 Å². The van der Waals surface area contributed by atoms with Gasteiger partial charge < -0.3 is 5.32 Å². The maximum atomic E-state index is 12.7. The summed E-state index contributed by atoms with van der Waals surface area (Å²) in [4.78, 5) is 12.7. The minimum absolute atomic E-state index is 0.0842. The van der Waals surface area contributed by atoms with E-state index < -0.39 is 0 Å². The Labute approximate surface area is 165 Å². The molecule has 0 aliphatic heterocycles. The number of hydrogen-bond acceptors (Lipinski definition) is 3. The summed E-state index contributed by atoms with van der Waals surface area (Å²) in [7, 11) is 0. The van der Waals surface area contributed by atoms with Crippen molar-refractivity contribution in [3.63, 3.8) is 0 Å². The van der Waals surface area contributed by atoms with Gasteiger partial charge in [0.25, 0.3) is 0 Å². The molecule has 1 aromatic carbocycles. The molecule has 0 radical (unpaired) electrons. The summed E-state index contributed by atoms with van der Waals surface area (Å²) in [5.74, 6) is 0.709. The zero-order valence-electron chi connectivity index (χ0n) is 16.6. The number of nitrogens with one attached hydrogen (secondary N) is 1. The molecule has 146 valence electrons. The molecule has 0 saturated heterocycles. The van der Waals surface area contributed by atoms with Gasteiger partial charge in [-0.15, -0.1) is 0 Å². The molecule has 0 bridgehead atoms. The van der Waals surface area contributed by atoms with E-state index in [1.807, 2.05) is 61.1 Å². The van der Waals surface area contributed by atoms with Crippen LogP contribution in [0.1, 0.15) is 49.4 Å². The highest BCUT2D eigenvalue weighted by molar-refractivity contribution is 5.89. The van der Waals surface area contributed by atoms with Crippen LogP contribution in [0.4, 0.5) is 5.82 Å². The number of amides is 1. The number of hydrogen-bond donors (Lipinski definition) is 1. The van der Waals surface area contributed by atoms with Gasteiger partial charge in [0, 0.05) is 17.8 Å². The lowest BCUT2D eigenvalue weighted by atomic mass is 9.96. The third-order valence-corrected chi connectivity index (χ3v) is 5.34. The molecule has 3 aromatic rings. The second-order valence-electron chi connectivity index (χ2n) is 7.68. The Hall–Kier alpha value is -2.89. The van der Waals surface area contributed by atoms with Crippen LogP contribution < -0.4 is 5.32 Å². The Morgan fingerprint density at radius 1 is 1.11 bits per heavy atom. The van der Waals surface area contributed by atoms with E-state index in [1.54, 1.807) is 4.68 Å². The average Bonchev–Trinajstić information content (AvgIpc) is 3.25. The van der Waals surface area contributed by atoms with E-state index in [4.69, 9.17) is 0 Å². The van der Waals surface area contributed by atoms with Crippen LogP contribution in [-0.2, 0) is 11.3 Å². The van der Waals surface area contributed by atoms with Crippen LogP contribution in [0.5, 0.6) is 0 Å². The molecule has 1 N–H and O–H groups in total. The van der Waals surface area contributed by atoms with E-state index in [2.05, 4.69) is 15.5 Å². The van der Waals surface area contributed by atoms with Gasteiger partial charge in [-0.2, -0.15) is 10.2 Å². The van der Waals surface area contributed by atoms with Crippen molar-refractivity contribution in [1.82, 2.24) is 19.6 Å². The third-order valence-electron chi connectivity index (χ3n) is 5.34. The highest BCUT2D eigenvalue weighted by Gasteiger charge is 2.20. The summed E-state index contributed by atoms with van der Waals surface area (Å²) in [5.41, 5.74) is 3.96. The van der Waals surface area contributed by atoms with Crippen LogP contribution in [0.2, 0.25) is 0 Å². The third kappa shape index (κ3) is 4.01. The fraction of sp³-hybridized carbons (Fsp3) is 0.409. The number of aromatic nitrogens is 4. The van der Waals surface area contributed by atoms with Gasteiger partial charge in [0.15, 0.2) is 0 Å². The Kier molecular flexibility index (Phi) is 5.28. The predicted octanol–water partition coefficient (Wildman–Crippen LogP) is 4.51. The molecule has 1 amide bonds. The normalized spacial score (nSPS) is 14.9. The Morgan fingerprint density at radius 2 is 1.86 bits per heavy atom. The lowest BCUT2D eigenvalue weighted by Gasteiger charge is -2.23. The number of nitrogens with zero attached hydrogens (tertiary/aromatic N) is 4. The first-order valence-electron chi connectivity index (χ1n) is 10.1. The fourth-order valence-corrected chi connectivity index (χ4v) is 4.03. The summed E-state index contributed by atoms with van der Waals surface area (Å²) in [6.45, 7) is 4.17. The van der Waals surface area contributed by atoms with Crippen molar-refractivity contribution in [2.75, 3.05) is 5.32 Å². The largest absolute Gasteiger partial charge is 0.309 e. The molecule has 2 aromatic heterocycles. The first-order valence-corrected chi connectivity index (χ1v) is 10.1. The lowest BCUT2D eigenvalue weighted by Crippen LogP contribution is -2.23. The highest BCUT2D eigenvalue weighted by atomic mass is 16.2. The van der Waals surface area contributed by atoms with E-state index in [0.29, 0.717) is 6.04 Å². The standard InChI is InChI=1S/C22H27N5O/c1-16-14-26(25-22(16)18-9-5-3-6-10-18)15-21(28)23-20-13-17(2)24-27(20)19-11-7-4-8-12-19/h3,5-6,9-10,13-14,19H,4,7-8,11-12,15H2,1-2H3,(H,23,28). The van der Waals surface area contributed by atoms with Crippen LogP contribution in [0.3, 0.4) is 0 Å². The van der Waals surface area contributed by atoms with Crippen molar-refractivity contribution >= 4 is 11.7 Å². The van der Waals surface area contributed by atoms with Gasteiger partial charge in [-0.1, -0.05) is 49.6 Å². The summed E-state index contributed by atoms with van der Waals surface area (Å²) in [5, 5.41) is 12.3. The molecule has 0 unspecified atom stereocenters. The van der Waals surface area contributed by atoms with Crippen molar-refractivity contribution in [3.8, 4) is 11.3 Å². The molecule has 2 heterocycles. The van der Waals surface area contributed by atoms with Crippen LogP contribution in [0.15, 0.2) is 42.6 Å². The first-order chi connectivity index (χ1) is 13.6. The Balaban J connectivity index is 1.47. The Bertz CT molecular complexity index is 951. The molecule has 1 aliphatic rings. The summed E-state index contributed by atoms with van der Waals surface area (Å²) in [6, 6.07) is 12.4. The highest BCUT2D eigenvalue weighted by Crippen LogP contribution is 2.30. The number of benzene rings is 1. The van der Waals surface area contributed by atoms with Crippen molar-refractivity contribution in [2.45, 2.75) is 58.5 Å². The average molecular weight is 377 g/mol. The molecule has 6 nitrogen and oxygen atoms in total. The second-order valence-corrected chi connectivity index (χ2v) is 7.68. The fourth-order valence-electron chi connectivity index (χ4n) is 4.03. The molecule has 1 saturated carbocycles. The van der Waals surface area contributed by atoms with Crippen LogP contribution in [-0.4, -0.2) is 25.5 Å². The maximum Gasteiger partial charge on any atom is 0.247 e. The molecular weight excluding hydrogens is 350 g/mol. The van der Waals surface area contributed by atoms with Crippen molar-refractivity contribution in [2.24, 2.45) is 0 Å². The van der Waals surface area contributed by atoms with Crippen molar-refractivity contribution < 1.29 is 4.79 Å². The maximum absolute atomic E-state index is 12.7. The number of carbonyl (C=O) groups excluding carboxylic acids is 1. The minimum atomic E-state index is -0.0842. The van der Waals surface area contributed by atoms with Gasteiger partial charge >= 0.3 is 0 Å². The van der Waals surface area contributed by atoms with Gasteiger partial charge in [0.05, 0.1) is 17.4 Å². The number of carbonyl (C=O) groups is 1. The van der Waals surface area contributed by atoms with Crippen molar-refractivity contribution in [3.05, 3.63) is 53.9 Å². The SMILES string of the molecule is Cc1cc(NC(=O)Cn2cc(C)c(-c3ccccc3)n2)n(C2CCCCC2)n1. The molecule has 4 rings (SSSR count). The Morgan fingerprint density at radius 3 is 2.61 bits per heavy atom. The van der Waals surface area contributed by atoms with Crippen LogP contribution in [0, 0.1) is 13.8 Å². The van der Waals surface area contributed by atoms with E-state index in [1.165, 1.54) is 19.3 Å². The summed E-state index contributed by atoms with van der Waals surface area (Å²) < 4.78 is 3.72. The predicted molar refractivity (Wildman–Crippen MR) is 110 cm³/mol. The monoisotopic (exact) mass is 377 g/mol. The smallest absolute Gasteiger partial charge is 0.247 e. The molecular formula is C22H27N5O. The van der Waals surface area contributed by atoms with Gasteiger partial charge in [0.1, 0.15) is 12.4 Å². The molecule has 1 fully saturated rings. The van der Waals surface area contributed by atoms with Crippen LogP contribution in [0.25, 0.3) is 11.3 Å². The number of aryl methyl sites for hydroxylation is 2. The van der Waals surface area contributed by atoms with E-state index in [-0.39, 0.29) is 12.5 Å². The van der Waals surface area contributed by atoms with Crippen molar-refractivity contribution in [1.29, 1.82) is 0 Å². The quantitative estimate of drug-likeness (QED) is 0.712. The molecule has 28 heavy (non-hydrogen) atoms.